The lowest BCUT2D eigenvalue weighted by atomic mass is 10.1. The molecule has 0 saturated carbocycles. The Morgan fingerprint density at radius 2 is 1.80 bits per heavy atom. The number of anilines is 1. The van der Waals surface area contributed by atoms with Crippen LogP contribution >= 0.6 is 0 Å². The highest BCUT2D eigenvalue weighted by atomic mass is 19.1. The Hall–Kier alpha value is -5.52. The second kappa shape index (κ2) is 10.9. The number of methoxy groups -OCH3 is 2. The van der Waals surface area contributed by atoms with E-state index < -0.39 is 17.3 Å². The molecule has 0 aliphatic rings. The van der Waals surface area contributed by atoms with Gasteiger partial charge in [-0.25, -0.2) is 9.37 Å². The summed E-state index contributed by atoms with van der Waals surface area (Å²) >= 11 is 0. The number of furan rings is 1. The molecule has 0 spiro atoms. The molecule has 5 rings (SSSR count). The molecule has 0 aliphatic carbocycles. The van der Waals surface area contributed by atoms with Crippen LogP contribution in [0.3, 0.4) is 0 Å². The van der Waals surface area contributed by atoms with Gasteiger partial charge in [-0.15, -0.1) is 0 Å². The first-order chi connectivity index (χ1) is 19.7. The first-order valence-electron chi connectivity index (χ1n) is 12.2. The summed E-state index contributed by atoms with van der Waals surface area (Å²) in [4.78, 5) is 47.2. The van der Waals surface area contributed by atoms with Crippen LogP contribution in [0, 0.1) is 12.7 Å². The number of benzene rings is 1. The minimum atomic E-state index is -0.826. The van der Waals surface area contributed by atoms with E-state index in [0.717, 1.165) is 6.07 Å². The average molecular weight is 559 g/mol. The maximum atomic E-state index is 15.1. The molecule has 5 aromatic rings. The fourth-order valence-electron chi connectivity index (χ4n) is 4.28. The SMILES string of the molecule is COc1cc2nccc(Oc3ccc(NC(=O)c4cc(C(C)=O)c(C)n(-c5ccoc5)c4=O)cc3F)c2nc1OC. The number of carbonyl (C=O) groups excluding carboxylic acids is 2. The van der Waals surface area contributed by atoms with Crippen molar-refractivity contribution in [1.82, 2.24) is 14.5 Å². The number of halogens is 1. The lowest BCUT2D eigenvalue weighted by Gasteiger charge is -2.14. The second-order valence-corrected chi connectivity index (χ2v) is 8.81. The standard InChI is InChI=1S/C29H23FN4O7/c1-15-19(16(2)35)12-20(29(37)34(15)18-8-10-40-14-18)27(36)32-17-5-6-23(21(30)11-17)41-24-7-9-31-22-13-25(38-3)28(39-4)33-26(22)24/h5-14H,1-4H3,(H,32,36). The summed E-state index contributed by atoms with van der Waals surface area (Å²) in [5.41, 5.74) is 0.720. The minimum absolute atomic E-state index is 0.0585. The third kappa shape index (κ3) is 5.10. The number of rotatable bonds is 8. The third-order valence-electron chi connectivity index (χ3n) is 6.27. The molecular formula is C29H23FN4O7. The van der Waals surface area contributed by atoms with Gasteiger partial charge in [0.25, 0.3) is 17.3 Å². The van der Waals surface area contributed by atoms with Crippen molar-refractivity contribution >= 4 is 28.4 Å². The Labute approximate surface area is 232 Å². The van der Waals surface area contributed by atoms with Gasteiger partial charge >= 0.3 is 0 Å². The highest BCUT2D eigenvalue weighted by Gasteiger charge is 2.22. The largest absolute Gasteiger partial charge is 0.491 e. The van der Waals surface area contributed by atoms with Crippen molar-refractivity contribution in [2.24, 2.45) is 0 Å². The van der Waals surface area contributed by atoms with Crippen LogP contribution in [0.2, 0.25) is 0 Å². The number of hydrogen-bond donors (Lipinski definition) is 1. The summed E-state index contributed by atoms with van der Waals surface area (Å²) in [6, 6.07) is 9.66. The van der Waals surface area contributed by atoms with Crippen molar-refractivity contribution in [3.63, 3.8) is 0 Å². The quantitative estimate of drug-likeness (QED) is 0.259. The Kier molecular flexibility index (Phi) is 7.21. The van der Waals surface area contributed by atoms with Gasteiger partial charge in [0.05, 0.1) is 31.7 Å². The number of nitrogens with one attached hydrogen (secondary N) is 1. The minimum Gasteiger partial charge on any atom is -0.491 e. The molecule has 1 N–H and O–H groups in total. The average Bonchev–Trinajstić information content (AvgIpc) is 3.48. The Morgan fingerprint density at radius 1 is 1.00 bits per heavy atom. The summed E-state index contributed by atoms with van der Waals surface area (Å²) in [7, 11) is 2.90. The maximum Gasteiger partial charge on any atom is 0.268 e. The number of hydrogen-bond acceptors (Lipinski definition) is 9. The van der Waals surface area contributed by atoms with E-state index in [4.69, 9.17) is 18.6 Å². The van der Waals surface area contributed by atoms with Crippen LogP contribution in [0.4, 0.5) is 10.1 Å². The lowest BCUT2D eigenvalue weighted by molar-refractivity contribution is 0.101. The smallest absolute Gasteiger partial charge is 0.268 e. The van der Waals surface area contributed by atoms with Crippen molar-refractivity contribution in [1.29, 1.82) is 0 Å². The molecule has 0 aliphatic heterocycles. The highest BCUT2D eigenvalue weighted by molar-refractivity contribution is 6.06. The number of amides is 1. The zero-order valence-corrected chi connectivity index (χ0v) is 22.4. The van der Waals surface area contributed by atoms with Crippen molar-refractivity contribution < 1.29 is 32.6 Å². The molecule has 12 heteroatoms. The third-order valence-corrected chi connectivity index (χ3v) is 6.27. The van der Waals surface area contributed by atoms with Crippen molar-refractivity contribution in [3.8, 4) is 28.8 Å². The fourth-order valence-corrected chi connectivity index (χ4v) is 4.28. The van der Waals surface area contributed by atoms with Gasteiger partial charge in [-0.1, -0.05) is 0 Å². The van der Waals surface area contributed by atoms with Crippen LogP contribution in [0.15, 0.2) is 70.4 Å². The number of ether oxygens (including phenoxy) is 3. The van der Waals surface area contributed by atoms with Crippen molar-refractivity contribution in [2.75, 3.05) is 19.5 Å². The van der Waals surface area contributed by atoms with Gasteiger partial charge in [-0.05, 0) is 32.0 Å². The molecular weight excluding hydrogens is 535 g/mol. The second-order valence-electron chi connectivity index (χ2n) is 8.81. The molecule has 41 heavy (non-hydrogen) atoms. The van der Waals surface area contributed by atoms with Gasteiger partial charge in [-0.3, -0.25) is 23.9 Å². The predicted molar refractivity (Wildman–Crippen MR) is 146 cm³/mol. The zero-order chi connectivity index (χ0) is 29.3. The molecule has 0 unspecified atom stereocenters. The van der Waals surface area contributed by atoms with E-state index in [9.17, 15) is 14.4 Å². The number of pyridine rings is 3. The lowest BCUT2D eigenvalue weighted by Crippen LogP contribution is -2.31. The molecule has 1 amide bonds. The Bertz CT molecular complexity index is 1870. The fraction of sp³-hybridized carbons (Fsp3) is 0.138. The van der Waals surface area contributed by atoms with E-state index in [1.165, 1.54) is 74.8 Å². The molecule has 0 saturated heterocycles. The van der Waals surface area contributed by atoms with Crippen LogP contribution in [0.1, 0.15) is 33.3 Å². The van der Waals surface area contributed by atoms with Crippen LogP contribution in [0.5, 0.6) is 23.1 Å². The first kappa shape index (κ1) is 27.1. The molecule has 0 fully saturated rings. The number of Topliss-reactive ketones (excluding diaryl/α,β-unsaturated/α-hetero) is 1. The maximum absolute atomic E-state index is 15.1. The van der Waals surface area contributed by atoms with Crippen molar-refractivity contribution in [2.45, 2.75) is 13.8 Å². The Morgan fingerprint density at radius 3 is 2.46 bits per heavy atom. The zero-order valence-electron chi connectivity index (χ0n) is 22.4. The van der Waals surface area contributed by atoms with E-state index in [1.807, 2.05) is 0 Å². The van der Waals surface area contributed by atoms with Crippen LogP contribution in [0.25, 0.3) is 16.7 Å². The molecule has 0 atom stereocenters. The van der Waals surface area contributed by atoms with Gasteiger partial charge in [0.1, 0.15) is 17.3 Å². The number of ketones is 1. The monoisotopic (exact) mass is 558 g/mol. The molecule has 208 valence electrons. The van der Waals surface area contributed by atoms with Crippen LogP contribution in [-0.4, -0.2) is 40.4 Å². The molecule has 4 aromatic heterocycles. The van der Waals surface area contributed by atoms with E-state index >= 15 is 4.39 Å². The van der Waals surface area contributed by atoms with Crippen LogP contribution < -0.4 is 25.1 Å². The first-order valence-corrected chi connectivity index (χ1v) is 12.2. The summed E-state index contributed by atoms with van der Waals surface area (Å²) in [6.45, 7) is 2.92. The topological polar surface area (TPSA) is 135 Å². The molecule has 0 bridgehead atoms. The highest BCUT2D eigenvalue weighted by Crippen LogP contribution is 2.35. The number of aromatic nitrogens is 3. The summed E-state index contributed by atoms with van der Waals surface area (Å²) in [6.07, 6.45) is 4.17. The Balaban J connectivity index is 1.44. The van der Waals surface area contributed by atoms with Gasteiger partial charge in [0.15, 0.2) is 28.8 Å². The predicted octanol–water partition coefficient (Wildman–Crippen LogP) is 5.09. The number of fused-ring (bicyclic) bond motifs is 1. The number of carbonyl (C=O) groups is 2. The van der Waals surface area contributed by atoms with E-state index in [2.05, 4.69) is 15.3 Å². The molecule has 4 heterocycles. The van der Waals surface area contributed by atoms with E-state index in [1.54, 1.807) is 13.0 Å². The van der Waals surface area contributed by atoms with Gasteiger partial charge in [-0.2, -0.15) is 0 Å². The van der Waals surface area contributed by atoms with E-state index in [-0.39, 0.29) is 40.0 Å². The molecule has 11 nitrogen and oxygen atoms in total. The van der Waals surface area contributed by atoms with Crippen LogP contribution in [-0.2, 0) is 0 Å². The normalized spacial score (nSPS) is 10.9. The van der Waals surface area contributed by atoms with Gasteiger partial charge in [0, 0.05) is 47.4 Å². The molecule has 0 radical (unpaired) electrons. The van der Waals surface area contributed by atoms with Gasteiger partial charge in [0.2, 0.25) is 0 Å². The number of nitrogens with zero attached hydrogens (tertiary/aromatic N) is 3. The van der Waals surface area contributed by atoms with E-state index in [0.29, 0.717) is 28.2 Å². The summed E-state index contributed by atoms with van der Waals surface area (Å²) in [5.74, 6) is -1.32. The molecule has 1 aromatic carbocycles. The summed E-state index contributed by atoms with van der Waals surface area (Å²) < 4.78 is 37.7. The van der Waals surface area contributed by atoms with Crippen molar-refractivity contribution in [3.05, 3.63) is 94.2 Å². The summed E-state index contributed by atoms with van der Waals surface area (Å²) in [5, 5.41) is 2.51. The van der Waals surface area contributed by atoms with Gasteiger partial charge < -0.3 is 23.9 Å².